The molecular formula is C38H37N13O9. The number of aliphatic hydroxyl groups is 2. The number of rotatable bonds is 12. The lowest BCUT2D eigenvalue weighted by atomic mass is 10.1. The van der Waals surface area contributed by atoms with Gasteiger partial charge in [0.05, 0.1) is 31.7 Å². The minimum Gasteiger partial charge on any atom is -0.478 e. The smallest absolute Gasteiger partial charge is 0.340 e. The van der Waals surface area contributed by atoms with E-state index in [2.05, 4.69) is 40.8 Å². The van der Waals surface area contributed by atoms with Crippen molar-refractivity contribution in [2.24, 2.45) is 5.73 Å². The molecule has 0 aliphatic heterocycles. The van der Waals surface area contributed by atoms with Crippen LogP contribution < -0.4 is 16.9 Å². The van der Waals surface area contributed by atoms with Gasteiger partial charge in [-0.1, -0.05) is 59.7 Å². The number of aromatic carboxylic acids is 1. The summed E-state index contributed by atoms with van der Waals surface area (Å²) in [6, 6.07) is 14.9. The molecule has 0 fully saturated rings. The molecule has 308 valence electrons. The Labute approximate surface area is 337 Å². The zero-order chi connectivity index (χ0) is 42.8. The van der Waals surface area contributed by atoms with E-state index in [1.807, 2.05) is 62.4 Å². The van der Waals surface area contributed by atoms with Gasteiger partial charge in [-0.25, -0.2) is 14.8 Å². The summed E-state index contributed by atoms with van der Waals surface area (Å²) in [5.41, 5.74) is 7.73. The van der Waals surface area contributed by atoms with Crippen molar-refractivity contribution in [1.29, 1.82) is 0 Å². The molecule has 6 heterocycles. The highest BCUT2D eigenvalue weighted by molar-refractivity contribution is 6.05. The predicted molar refractivity (Wildman–Crippen MR) is 208 cm³/mol. The van der Waals surface area contributed by atoms with Crippen LogP contribution in [0.4, 0.5) is 0 Å². The highest BCUT2D eigenvalue weighted by atomic mass is 16.4. The van der Waals surface area contributed by atoms with Crippen LogP contribution in [-0.2, 0) is 26.2 Å². The number of carboxylic acid groups (broad SMARTS) is 1. The first-order valence-electron chi connectivity index (χ1n) is 18.2. The Morgan fingerprint density at radius 1 is 0.667 bits per heavy atom. The number of nitrogens with zero attached hydrogens (tertiary/aromatic N) is 12. The van der Waals surface area contributed by atoms with Crippen LogP contribution in [0.1, 0.15) is 78.3 Å². The van der Waals surface area contributed by atoms with E-state index in [0.717, 1.165) is 22.3 Å². The summed E-state index contributed by atoms with van der Waals surface area (Å²) >= 11 is 0. The quantitative estimate of drug-likeness (QED) is 0.136. The van der Waals surface area contributed by atoms with Gasteiger partial charge in [0, 0.05) is 0 Å². The van der Waals surface area contributed by atoms with Crippen LogP contribution in [-0.4, -0.2) is 86.7 Å². The molecular weight excluding hydrogens is 782 g/mol. The highest BCUT2D eigenvalue weighted by Gasteiger charge is 2.24. The summed E-state index contributed by atoms with van der Waals surface area (Å²) < 4.78 is 13.0. The van der Waals surface area contributed by atoms with E-state index in [1.54, 1.807) is 0 Å². The number of hydrogen-bond donors (Lipinski definition) is 4. The van der Waals surface area contributed by atoms with Crippen molar-refractivity contribution in [2.75, 3.05) is 0 Å². The Hall–Kier alpha value is -7.72. The van der Waals surface area contributed by atoms with E-state index in [1.165, 1.54) is 45.2 Å². The Morgan fingerprint density at radius 2 is 1.07 bits per heavy atom. The Balaban J connectivity index is 0.000000181. The SMILES string of the molecule is Cc1ccc([C@@H](O)Cn2nnc(Cn3cnc4oc(C)c(C(=O)O)c4c3=O)n2)cc1.Cc1ccc([C@@H](O)Cn2nnc(Cn3cnc4oc(C)c(C(N)=O)c4c3=O)n2)cc1. The topological polar surface area (TPSA) is 304 Å². The summed E-state index contributed by atoms with van der Waals surface area (Å²) in [5, 5.41) is 54.0. The maximum atomic E-state index is 12.8. The van der Waals surface area contributed by atoms with Crippen molar-refractivity contribution in [3.05, 3.63) is 138 Å². The fourth-order valence-corrected chi connectivity index (χ4v) is 6.29. The number of aliphatic hydroxyl groups excluding tert-OH is 2. The van der Waals surface area contributed by atoms with Gasteiger partial charge in [0.2, 0.25) is 11.4 Å². The average molecular weight is 820 g/mol. The number of furan rings is 2. The van der Waals surface area contributed by atoms with Crippen LogP contribution >= 0.6 is 0 Å². The fraction of sp³-hybridized carbons (Fsp3) is 0.263. The first-order valence-corrected chi connectivity index (χ1v) is 18.2. The van der Waals surface area contributed by atoms with E-state index in [0.29, 0.717) is 0 Å². The molecule has 5 N–H and O–H groups in total. The third-order valence-electron chi connectivity index (χ3n) is 9.38. The fourth-order valence-electron chi connectivity index (χ4n) is 6.29. The molecule has 1 amide bonds. The van der Waals surface area contributed by atoms with Gasteiger partial charge in [0.25, 0.3) is 17.0 Å². The van der Waals surface area contributed by atoms with Gasteiger partial charge in [-0.2, -0.15) is 9.59 Å². The van der Waals surface area contributed by atoms with Crippen molar-refractivity contribution in [1.82, 2.24) is 59.5 Å². The molecule has 8 rings (SSSR count). The van der Waals surface area contributed by atoms with Crippen LogP contribution in [0.3, 0.4) is 0 Å². The Kier molecular flexibility index (Phi) is 11.2. The predicted octanol–water partition coefficient (Wildman–Crippen LogP) is 1.55. The molecule has 60 heavy (non-hydrogen) atoms. The first kappa shape index (κ1) is 40.5. The molecule has 0 aliphatic rings. The van der Waals surface area contributed by atoms with Gasteiger partial charge in [-0.05, 0) is 49.2 Å². The lowest BCUT2D eigenvalue weighted by Crippen LogP contribution is -2.24. The summed E-state index contributed by atoms with van der Waals surface area (Å²) in [6.07, 6.45) is 0.891. The van der Waals surface area contributed by atoms with Crippen molar-refractivity contribution in [2.45, 2.75) is 66.1 Å². The number of carboxylic acids is 1. The minimum atomic E-state index is -1.27. The van der Waals surface area contributed by atoms with Crippen molar-refractivity contribution in [3.8, 4) is 0 Å². The molecule has 2 aromatic carbocycles. The molecule has 0 radical (unpaired) electrons. The largest absolute Gasteiger partial charge is 0.478 e. The van der Waals surface area contributed by atoms with Crippen molar-refractivity contribution in [3.63, 3.8) is 0 Å². The van der Waals surface area contributed by atoms with E-state index in [4.69, 9.17) is 14.6 Å². The third kappa shape index (κ3) is 8.44. The molecule has 0 unspecified atom stereocenters. The number of hydrogen-bond acceptors (Lipinski definition) is 16. The number of aromatic nitrogens is 12. The number of carbonyl (C=O) groups excluding carboxylic acids is 1. The Bertz CT molecular complexity index is 2780. The number of fused-ring (bicyclic) bond motifs is 2. The van der Waals surface area contributed by atoms with Crippen LogP contribution in [0.25, 0.3) is 22.2 Å². The van der Waals surface area contributed by atoms with Gasteiger partial charge in [-0.3, -0.25) is 23.5 Å². The normalized spacial score (nSPS) is 12.4. The summed E-state index contributed by atoms with van der Waals surface area (Å²) in [4.78, 5) is 59.3. The van der Waals surface area contributed by atoms with E-state index in [9.17, 15) is 34.5 Å². The molecule has 8 aromatic rings. The highest BCUT2D eigenvalue weighted by Crippen LogP contribution is 2.22. The standard InChI is InChI=1S/C19H19N7O4.C19H18N6O5/c1-10-3-5-12(6-4-10)13(27)7-26-23-14(22-24-26)8-25-9-21-18-16(19(25)29)15(17(20)28)11(2)30-18;1-10-3-5-12(6-4-10)13(26)7-25-22-14(21-23-25)8-24-9-20-17-16(18(24)27)15(19(28)29)11(2)30-17/h3-6,9,13,27H,7-8H2,1-2H3,(H2,20,28);3-6,9,13,26H,7-8H2,1-2H3,(H,28,29)/t2*13-/m00/s1. The molecule has 22 heteroatoms. The molecule has 6 aromatic heterocycles. The van der Waals surface area contributed by atoms with E-state index >= 15 is 0 Å². The van der Waals surface area contributed by atoms with Gasteiger partial charge in [0.1, 0.15) is 52.7 Å². The van der Waals surface area contributed by atoms with Gasteiger partial charge >= 0.3 is 5.97 Å². The summed E-state index contributed by atoms with van der Waals surface area (Å²) in [5.74, 6) is -1.24. The number of amides is 1. The van der Waals surface area contributed by atoms with E-state index < -0.39 is 35.2 Å². The lowest BCUT2D eigenvalue weighted by molar-refractivity contribution is 0.0696. The van der Waals surface area contributed by atoms with Crippen LogP contribution in [0.5, 0.6) is 0 Å². The average Bonchev–Trinajstić information content (AvgIpc) is 4.00. The zero-order valence-electron chi connectivity index (χ0n) is 32.5. The number of nitrogens with two attached hydrogens (primary N) is 1. The second-order valence-electron chi connectivity index (χ2n) is 13.8. The molecule has 22 nitrogen and oxygen atoms in total. The van der Waals surface area contributed by atoms with E-state index in [-0.39, 0.29) is 82.7 Å². The molecule has 0 bridgehead atoms. The van der Waals surface area contributed by atoms with Crippen LogP contribution in [0.2, 0.25) is 0 Å². The third-order valence-corrected chi connectivity index (χ3v) is 9.38. The Morgan fingerprint density at radius 3 is 1.47 bits per heavy atom. The van der Waals surface area contributed by atoms with Crippen molar-refractivity contribution >= 4 is 34.1 Å². The maximum Gasteiger partial charge on any atom is 0.340 e. The number of carbonyl (C=O) groups is 2. The lowest BCUT2D eigenvalue weighted by Gasteiger charge is -2.09. The van der Waals surface area contributed by atoms with Crippen LogP contribution in [0, 0.1) is 27.7 Å². The number of aryl methyl sites for hydroxylation is 4. The monoisotopic (exact) mass is 819 g/mol. The number of primary amides is 1. The number of benzene rings is 2. The summed E-state index contributed by atoms with van der Waals surface area (Å²) in [6.45, 7) is 7.03. The van der Waals surface area contributed by atoms with Gasteiger partial charge in [0.15, 0.2) is 11.6 Å². The molecule has 2 atom stereocenters. The zero-order valence-corrected chi connectivity index (χ0v) is 32.5. The van der Waals surface area contributed by atoms with Gasteiger partial charge in [-0.15, -0.1) is 20.4 Å². The minimum absolute atomic E-state index is 0.00897. The van der Waals surface area contributed by atoms with Crippen molar-refractivity contribution < 1.29 is 33.7 Å². The molecule has 0 saturated heterocycles. The molecule has 0 aliphatic carbocycles. The van der Waals surface area contributed by atoms with Gasteiger partial charge < -0.3 is 29.9 Å². The summed E-state index contributed by atoms with van der Waals surface area (Å²) in [7, 11) is 0. The first-order chi connectivity index (χ1) is 28.7. The molecule has 0 spiro atoms. The second kappa shape index (κ2) is 16.6. The van der Waals surface area contributed by atoms with Crippen LogP contribution in [0.15, 0.2) is 79.6 Å². The number of tetrazole rings is 2. The maximum absolute atomic E-state index is 12.8. The molecule has 0 saturated carbocycles. The second-order valence-corrected chi connectivity index (χ2v) is 13.8.